The van der Waals surface area contributed by atoms with Crippen LogP contribution in [-0.2, 0) is 17.8 Å². The van der Waals surface area contributed by atoms with Gasteiger partial charge in [0.2, 0.25) is 5.91 Å². The fourth-order valence-electron chi connectivity index (χ4n) is 3.68. The first-order valence-electron chi connectivity index (χ1n) is 9.42. The Morgan fingerprint density at radius 3 is 2.92 bits per heavy atom. The number of nitrogens with one attached hydrogen (secondary N) is 2. The van der Waals surface area contributed by atoms with Crippen molar-refractivity contribution in [3.63, 3.8) is 0 Å². The van der Waals surface area contributed by atoms with E-state index >= 15 is 0 Å². The third-order valence-corrected chi connectivity index (χ3v) is 5.85. The highest BCUT2D eigenvalue weighted by Gasteiger charge is 2.21. The Labute approximate surface area is 153 Å². The Bertz CT molecular complexity index is 655. The fraction of sp³-hybridized carbons (Fsp3) is 0.722. The standard InChI is InChI=1S/C18H28N4O2S/c1-2-9-22-10-8-15-14(11-22)17(24)21-18(20-15)25-12-16(23)19-13-6-4-3-5-7-13/h13H,2-12H2,1H3,(H,19,23)(H,20,21,24). The first kappa shape index (κ1) is 18.5. The molecule has 0 atom stereocenters. The summed E-state index contributed by atoms with van der Waals surface area (Å²) in [5, 5.41) is 3.66. The van der Waals surface area contributed by atoms with Crippen molar-refractivity contribution in [2.45, 2.75) is 69.6 Å². The van der Waals surface area contributed by atoms with Crippen LogP contribution in [0, 0.1) is 0 Å². The molecule has 0 radical (unpaired) electrons. The lowest BCUT2D eigenvalue weighted by Crippen LogP contribution is -2.37. The first-order valence-corrected chi connectivity index (χ1v) is 10.4. The van der Waals surface area contributed by atoms with Gasteiger partial charge in [-0.2, -0.15) is 0 Å². The largest absolute Gasteiger partial charge is 0.353 e. The van der Waals surface area contributed by atoms with E-state index in [-0.39, 0.29) is 11.5 Å². The lowest BCUT2D eigenvalue weighted by molar-refractivity contribution is -0.119. The van der Waals surface area contributed by atoms with Crippen LogP contribution < -0.4 is 10.9 Å². The van der Waals surface area contributed by atoms with E-state index in [1.807, 2.05) is 0 Å². The van der Waals surface area contributed by atoms with Gasteiger partial charge in [0, 0.05) is 25.6 Å². The van der Waals surface area contributed by atoms with Crippen molar-refractivity contribution in [3.8, 4) is 0 Å². The van der Waals surface area contributed by atoms with E-state index in [4.69, 9.17) is 0 Å². The minimum atomic E-state index is -0.0546. The number of aromatic nitrogens is 2. The van der Waals surface area contributed by atoms with Gasteiger partial charge in [0.05, 0.1) is 17.0 Å². The summed E-state index contributed by atoms with van der Waals surface area (Å²) in [6, 6.07) is 0.321. The summed E-state index contributed by atoms with van der Waals surface area (Å²) in [7, 11) is 0. The quantitative estimate of drug-likeness (QED) is 0.597. The third kappa shape index (κ3) is 5.07. The molecular weight excluding hydrogens is 336 g/mol. The molecule has 1 aliphatic carbocycles. The van der Waals surface area contributed by atoms with Crippen molar-refractivity contribution in [1.82, 2.24) is 20.2 Å². The molecule has 25 heavy (non-hydrogen) atoms. The second-order valence-corrected chi connectivity index (χ2v) is 7.98. The molecule has 1 amide bonds. The van der Waals surface area contributed by atoms with Crippen LogP contribution >= 0.6 is 11.8 Å². The van der Waals surface area contributed by atoms with Gasteiger partial charge in [0.1, 0.15) is 0 Å². The van der Waals surface area contributed by atoms with Gasteiger partial charge >= 0.3 is 0 Å². The second-order valence-electron chi connectivity index (χ2n) is 7.01. The van der Waals surface area contributed by atoms with Crippen LogP contribution in [0.1, 0.15) is 56.7 Å². The molecule has 1 fully saturated rings. The zero-order chi connectivity index (χ0) is 17.6. The fourth-order valence-corrected chi connectivity index (χ4v) is 4.37. The normalized spacial score (nSPS) is 18.8. The Kier molecular flexibility index (Phi) is 6.53. The lowest BCUT2D eigenvalue weighted by atomic mass is 9.95. The Morgan fingerprint density at radius 2 is 2.16 bits per heavy atom. The SMILES string of the molecule is CCCN1CCc2nc(SCC(=O)NC3CCCCC3)[nH]c(=O)c2C1. The van der Waals surface area contributed by atoms with Gasteiger partial charge in [-0.3, -0.25) is 14.5 Å². The summed E-state index contributed by atoms with van der Waals surface area (Å²) in [6.07, 6.45) is 7.74. The molecule has 138 valence electrons. The van der Waals surface area contributed by atoms with Crippen LogP contribution in [0.15, 0.2) is 9.95 Å². The predicted octanol–water partition coefficient (Wildman–Crippen LogP) is 2.08. The molecule has 2 heterocycles. The average Bonchev–Trinajstić information content (AvgIpc) is 2.62. The summed E-state index contributed by atoms with van der Waals surface area (Å²) < 4.78 is 0. The molecule has 1 aromatic heterocycles. The maximum absolute atomic E-state index is 12.4. The number of carbonyl (C=O) groups is 1. The molecule has 0 bridgehead atoms. The van der Waals surface area contributed by atoms with Gasteiger partial charge in [-0.25, -0.2) is 4.98 Å². The van der Waals surface area contributed by atoms with Crippen LogP contribution in [0.25, 0.3) is 0 Å². The van der Waals surface area contributed by atoms with Crippen molar-refractivity contribution < 1.29 is 4.79 Å². The van der Waals surface area contributed by atoms with Crippen molar-refractivity contribution >= 4 is 17.7 Å². The van der Waals surface area contributed by atoms with Crippen molar-refractivity contribution in [2.75, 3.05) is 18.8 Å². The molecule has 0 saturated heterocycles. The van der Waals surface area contributed by atoms with E-state index in [1.54, 1.807) is 0 Å². The van der Waals surface area contributed by atoms with Crippen LogP contribution in [-0.4, -0.2) is 45.7 Å². The molecule has 7 heteroatoms. The van der Waals surface area contributed by atoms with Crippen molar-refractivity contribution in [2.24, 2.45) is 0 Å². The number of hydrogen-bond acceptors (Lipinski definition) is 5. The van der Waals surface area contributed by atoms with E-state index in [2.05, 4.69) is 27.1 Å². The first-order chi connectivity index (χ1) is 12.2. The van der Waals surface area contributed by atoms with E-state index < -0.39 is 0 Å². The highest BCUT2D eigenvalue weighted by molar-refractivity contribution is 7.99. The zero-order valence-electron chi connectivity index (χ0n) is 15.0. The minimum absolute atomic E-state index is 0.0337. The van der Waals surface area contributed by atoms with Crippen LogP contribution in [0.4, 0.5) is 0 Å². The smallest absolute Gasteiger partial charge is 0.256 e. The number of aromatic amines is 1. The monoisotopic (exact) mass is 364 g/mol. The molecule has 0 aromatic carbocycles. The molecule has 1 aliphatic heterocycles. The van der Waals surface area contributed by atoms with Crippen LogP contribution in [0.5, 0.6) is 0 Å². The number of fused-ring (bicyclic) bond motifs is 1. The van der Waals surface area contributed by atoms with Crippen molar-refractivity contribution in [3.05, 3.63) is 21.6 Å². The highest BCUT2D eigenvalue weighted by Crippen LogP contribution is 2.19. The second kappa shape index (κ2) is 8.85. The van der Waals surface area contributed by atoms with E-state index in [1.165, 1.54) is 31.0 Å². The maximum Gasteiger partial charge on any atom is 0.256 e. The predicted molar refractivity (Wildman–Crippen MR) is 99.9 cm³/mol. The van der Waals surface area contributed by atoms with Gasteiger partial charge in [-0.05, 0) is 25.8 Å². The molecule has 0 unspecified atom stereocenters. The molecular formula is C18H28N4O2S. The maximum atomic E-state index is 12.4. The molecule has 3 rings (SSSR count). The van der Waals surface area contributed by atoms with Gasteiger partial charge in [-0.15, -0.1) is 0 Å². The number of hydrogen-bond donors (Lipinski definition) is 2. The Morgan fingerprint density at radius 1 is 1.36 bits per heavy atom. The summed E-state index contributed by atoms with van der Waals surface area (Å²) in [5.74, 6) is 0.339. The molecule has 1 aromatic rings. The summed E-state index contributed by atoms with van der Waals surface area (Å²) >= 11 is 1.32. The highest BCUT2D eigenvalue weighted by atomic mass is 32.2. The number of thioether (sulfide) groups is 1. The number of H-pyrrole nitrogens is 1. The van der Waals surface area contributed by atoms with Gasteiger partial charge in [0.25, 0.3) is 5.56 Å². The van der Waals surface area contributed by atoms with Gasteiger partial charge in [0.15, 0.2) is 5.16 Å². The molecule has 2 N–H and O–H groups in total. The minimum Gasteiger partial charge on any atom is -0.353 e. The topological polar surface area (TPSA) is 78.1 Å². The van der Waals surface area contributed by atoms with Gasteiger partial charge < -0.3 is 10.3 Å². The van der Waals surface area contributed by atoms with Crippen LogP contribution in [0.3, 0.4) is 0 Å². The summed E-state index contributed by atoms with van der Waals surface area (Å²) in [6.45, 7) is 4.79. The van der Waals surface area contributed by atoms with E-state index in [0.717, 1.165) is 50.0 Å². The van der Waals surface area contributed by atoms with E-state index in [0.29, 0.717) is 23.5 Å². The van der Waals surface area contributed by atoms with Gasteiger partial charge in [-0.1, -0.05) is 37.9 Å². The number of carbonyl (C=O) groups excluding carboxylic acids is 1. The molecule has 0 spiro atoms. The number of nitrogens with zero attached hydrogens (tertiary/aromatic N) is 2. The van der Waals surface area contributed by atoms with Crippen molar-refractivity contribution in [1.29, 1.82) is 0 Å². The zero-order valence-corrected chi connectivity index (χ0v) is 15.8. The van der Waals surface area contributed by atoms with E-state index in [9.17, 15) is 9.59 Å². The Balaban J connectivity index is 1.56. The average molecular weight is 365 g/mol. The third-order valence-electron chi connectivity index (χ3n) is 4.98. The molecule has 2 aliphatic rings. The molecule has 6 nitrogen and oxygen atoms in total. The lowest BCUT2D eigenvalue weighted by Gasteiger charge is -2.27. The summed E-state index contributed by atoms with van der Waals surface area (Å²) in [5.41, 5.74) is 1.63. The molecule has 1 saturated carbocycles. The van der Waals surface area contributed by atoms with Crippen LogP contribution in [0.2, 0.25) is 0 Å². The number of rotatable bonds is 6. The summed E-state index contributed by atoms with van der Waals surface area (Å²) in [4.78, 5) is 34.2. The number of amides is 1. The Hall–Kier alpha value is -1.34.